The second-order valence-corrected chi connectivity index (χ2v) is 5.54. The molecule has 1 rings (SSSR count). The van der Waals surface area contributed by atoms with Gasteiger partial charge >= 0.3 is 0 Å². The van der Waals surface area contributed by atoms with E-state index in [2.05, 4.69) is 20.8 Å². The highest BCUT2D eigenvalue weighted by molar-refractivity contribution is 8.00. The molecule has 1 aromatic carbocycles. The molecule has 82 valence electrons. The number of hydrogen-bond donors (Lipinski definition) is 0. The lowest BCUT2D eigenvalue weighted by Crippen LogP contribution is -2.06. The summed E-state index contributed by atoms with van der Waals surface area (Å²) in [6.07, 6.45) is 0. The van der Waals surface area contributed by atoms with Gasteiger partial charge in [0.25, 0.3) is 0 Å². The van der Waals surface area contributed by atoms with Crippen molar-refractivity contribution in [3.63, 3.8) is 0 Å². The van der Waals surface area contributed by atoms with Gasteiger partial charge in [0.05, 0.1) is 0 Å². The van der Waals surface area contributed by atoms with Crippen LogP contribution in [0.1, 0.15) is 38.1 Å². The Morgan fingerprint density at radius 3 is 2.33 bits per heavy atom. The number of hydrogen-bond acceptors (Lipinski definition) is 2. The van der Waals surface area contributed by atoms with E-state index in [0.29, 0.717) is 11.2 Å². The maximum Gasteiger partial charge on any atom is 0.160 e. The molecule has 0 amide bonds. The van der Waals surface area contributed by atoms with E-state index in [1.807, 2.05) is 24.3 Å². The van der Waals surface area contributed by atoms with Crippen molar-refractivity contribution in [3.8, 4) is 0 Å². The van der Waals surface area contributed by atoms with Gasteiger partial charge in [0.1, 0.15) is 0 Å². The van der Waals surface area contributed by atoms with Crippen molar-refractivity contribution >= 4 is 17.5 Å². The number of thioether (sulfide) groups is 1. The van der Waals surface area contributed by atoms with Crippen molar-refractivity contribution < 1.29 is 4.79 Å². The van der Waals surface area contributed by atoms with Crippen LogP contribution < -0.4 is 0 Å². The van der Waals surface area contributed by atoms with Crippen LogP contribution in [0.4, 0.5) is 0 Å². The maximum absolute atomic E-state index is 11.4. The lowest BCUT2D eigenvalue weighted by atomic mass is 10.1. The molecule has 0 radical (unpaired) electrons. The minimum absolute atomic E-state index is 0.147. The number of ketones is 1. The summed E-state index contributed by atoms with van der Waals surface area (Å²) in [4.78, 5) is 12.5. The number of carbonyl (C=O) groups is 1. The molecule has 0 heterocycles. The smallest absolute Gasteiger partial charge is 0.160 e. The average Bonchev–Trinajstić information content (AvgIpc) is 2.18. The fourth-order valence-corrected chi connectivity index (χ4v) is 2.37. The molecule has 0 N–H and O–H groups in total. The van der Waals surface area contributed by atoms with Gasteiger partial charge < -0.3 is 0 Å². The van der Waals surface area contributed by atoms with Gasteiger partial charge in [-0.1, -0.05) is 39.0 Å². The van der Waals surface area contributed by atoms with E-state index in [9.17, 15) is 4.79 Å². The second-order valence-electron chi connectivity index (χ2n) is 4.12. The minimum Gasteiger partial charge on any atom is -0.294 e. The molecule has 0 saturated carbocycles. The molecule has 0 bridgehead atoms. The van der Waals surface area contributed by atoms with E-state index in [1.165, 1.54) is 0 Å². The number of carbonyl (C=O) groups excluding carboxylic acids is 1. The summed E-state index contributed by atoms with van der Waals surface area (Å²) in [5.74, 6) is 0.768. The van der Waals surface area contributed by atoms with Gasteiger partial charge in [-0.05, 0) is 18.9 Å². The third-order valence-corrected chi connectivity index (χ3v) is 4.04. The van der Waals surface area contributed by atoms with Gasteiger partial charge in [0.15, 0.2) is 5.78 Å². The molecule has 0 aromatic heterocycles. The monoisotopic (exact) mass is 222 g/mol. The summed E-state index contributed by atoms with van der Waals surface area (Å²) in [6, 6.07) is 7.83. The molecule has 1 atom stereocenters. The van der Waals surface area contributed by atoms with Gasteiger partial charge in [0, 0.05) is 15.7 Å². The first-order valence-corrected chi connectivity index (χ1v) is 6.17. The lowest BCUT2D eigenvalue weighted by molar-refractivity contribution is 0.101. The van der Waals surface area contributed by atoms with Crippen molar-refractivity contribution in [1.82, 2.24) is 0 Å². The number of Topliss-reactive ketones (excluding diaryl/α,β-unsaturated/α-hetero) is 1. The van der Waals surface area contributed by atoms with Crippen LogP contribution in [0.5, 0.6) is 0 Å². The predicted molar refractivity (Wildman–Crippen MR) is 66.6 cm³/mol. The summed E-state index contributed by atoms with van der Waals surface area (Å²) in [5.41, 5.74) is 0.843. The Hall–Kier alpha value is -0.760. The van der Waals surface area contributed by atoms with E-state index in [-0.39, 0.29) is 5.78 Å². The van der Waals surface area contributed by atoms with Gasteiger partial charge in [0.2, 0.25) is 0 Å². The third-order valence-electron chi connectivity index (χ3n) is 2.52. The molecule has 0 saturated heterocycles. The summed E-state index contributed by atoms with van der Waals surface area (Å²) >= 11 is 1.79. The van der Waals surface area contributed by atoms with E-state index >= 15 is 0 Å². The minimum atomic E-state index is 0.147. The highest BCUT2D eigenvalue weighted by Crippen LogP contribution is 2.30. The zero-order chi connectivity index (χ0) is 11.4. The highest BCUT2D eigenvalue weighted by Gasteiger charge is 2.12. The number of benzene rings is 1. The van der Waals surface area contributed by atoms with E-state index in [0.717, 1.165) is 10.5 Å². The van der Waals surface area contributed by atoms with Gasteiger partial charge in [-0.3, -0.25) is 4.79 Å². The van der Waals surface area contributed by atoms with Crippen LogP contribution in [-0.2, 0) is 0 Å². The van der Waals surface area contributed by atoms with Crippen molar-refractivity contribution in [2.75, 3.05) is 0 Å². The van der Waals surface area contributed by atoms with E-state index < -0.39 is 0 Å². The largest absolute Gasteiger partial charge is 0.294 e. The third kappa shape index (κ3) is 3.38. The fourth-order valence-electron chi connectivity index (χ4n) is 1.20. The van der Waals surface area contributed by atoms with Gasteiger partial charge in [-0.2, -0.15) is 0 Å². The van der Waals surface area contributed by atoms with E-state index in [4.69, 9.17) is 0 Å². The fraction of sp³-hybridized carbons (Fsp3) is 0.462. The highest BCUT2D eigenvalue weighted by atomic mass is 32.2. The maximum atomic E-state index is 11.4. The second kappa shape index (κ2) is 5.36. The normalized spacial score (nSPS) is 12.9. The summed E-state index contributed by atoms with van der Waals surface area (Å²) in [5, 5.41) is 0.533. The van der Waals surface area contributed by atoms with Crippen LogP contribution in [-0.4, -0.2) is 11.0 Å². The molecular formula is C13H18OS. The quantitative estimate of drug-likeness (QED) is 0.565. The van der Waals surface area contributed by atoms with Gasteiger partial charge in [-0.25, -0.2) is 0 Å². The molecule has 0 aliphatic carbocycles. The molecule has 0 aliphatic heterocycles. The average molecular weight is 222 g/mol. The zero-order valence-electron chi connectivity index (χ0n) is 9.78. The van der Waals surface area contributed by atoms with Crippen LogP contribution in [0, 0.1) is 5.92 Å². The van der Waals surface area contributed by atoms with Crippen LogP contribution in [0.3, 0.4) is 0 Å². The molecule has 1 aromatic rings. The predicted octanol–water partition coefficient (Wildman–Crippen LogP) is 4.03. The topological polar surface area (TPSA) is 17.1 Å². The molecule has 1 unspecified atom stereocenters. The van der Waals surface area contributed by atoms with Crippen LogP contribution in [0.15, 0.2) is 29.2 Å². The number of rotatable bonds is 4. The molecular weight excluding hydrogens is 204 g/mol. The van der Waals surface area contributed by atoms with Crippen LogP contribution in [0.2, 0.25) is 0 Å². The Bertz CT molecular complexity index is 344. The molecule has 15 heavy (non-hydrogen) atoms. The van der Waals surface area contributed by atoms with Crippen molar-refractivity contribution in [3.05, 3.63) is 29.8 Å². The Balaban J connectivity index is 2.89. The Morgan fingerprint density at radius 2 is 1.80 bits per heavy atom. The molecule has 0 fully saturated rings. The van der Waals surface area contributed by atoms with Crippen molar-refractivity contribution in [2.45, 2.75) is 37.8 Å². The Labute approximate surface area is 96.3 Å². The van der Waals surface area contributed by atoms with E-state index in [1.54, 1.807) is 18.7 Å². The molecule has 1 nitrogen and oxygen atoms in total. The summed E-state index contributed by atoms with van der Waals surface area (Å²) < 4.78 is 0. The summed E-state index contributed by atoms with van der Waals surface area (Å²) in [7, 11) is 0. The molecule has 0 aliphatic rings. The Morgan fingerprint density at radius 1 is 1.20 bits per heavy atom. The summed E-state index contributed by atoms with van der Waals surface area (Å²) in [6.45, 7) is 8.23. The molecule has 2 heteroatoms. The van der Waals surface area contributed by atoms with Crippen LogP contribution in [0.25, 0.3) is 0 Å². The standard InChI is InChI=1S/C13H18OS/c1-9(2)11(4)15-13-8-6-5-7-12(13)10(3)14/h5-9,11H,1-4H3. The Kier molecular flexibility index (Phi) is 4.40. The first kappa shape index (κ1) is 12.3. The SMILES string of the molecule is CC(=O)c1ccccc1SC(C)C(C)C. The lowest BCUT2D eigenvalue weighted by Gasteiger charge is -2.16. The van der Waals surface area contributed by atoms with Crippen molar-refractivity contribution in [1.29, 1.82) is 0 Å². The van der Waals surface area contributed by atoms with Crippen molar-refractivity contribution in [2.24, 2.45) is 5.92 Å². The molecule has 0 spiro atoms. The zero-order valence-corrected chi connectivity index (χ0v) is 10.6. The first-order valence-electron chi connectivity index (χ1n) is 5.29. The van der Waals surface area contributed by atoms with Gasteiger partial charge in [-0.15, -0.1) is 11.8 Å². The first-order chi connectivity index (χ1) is 7.02. The van der Waals surface area contributed by atoms with Crippen LogP contribution >= 0.6 is 11.8 Å².